The van der Waals surface area contributed by atoms with Gasteiger partial charge in [0.2, 0.25) is 5.91 Å². The maximum atomic E-state index is 14.2. The summed E-state index contributed by atoms with van der Waals surface area (Å²) in [6.45, 7) is 26.7. The van der Waals surface area contributed by atoms with E-state index in [2.05, 4.69) is 192 Å². The van der Waals surface area contributed by atoms with Crippen LogP contribution in [0.2, 0.25) is 5.02 Å². The number of hydrogen-bond acceptors (Lipinski definition) is 17. The lowest BCUT2D eigenvalue weighted by atomic mass is 10.1. The predicted octanol–water partition coefficient (Wildman–Crippen LogP) is 16.5. The zero-order chi connectivity index (χ0) is 83.8. The number of H-pyrrole nitrogens is 5. The Bertz CT molecular complexity index is 4660. The molecule has 6 heterocycles. The van der Waals surface area contributed by atoms with Crippen molar-refractivity contribution < 1.29 is 18.3 Å². The molecule has 7 N–H and O–H groups in total. The molecule has 13 rings (SSSR count). The van der Waals surface area contributed by atoms with E-state index in [1.165, 1.54) is 98.7 Å². The van der Waals surface area contributed by atoms with Crippen LogP contribution >= 0.6 is 11.6 Å². The van der Waals surface area contributed by atoms with Crippen molar-refractivity contribution in [1.82, 2.24) is 85.3 Å². The van der Waals surface area contributed by atoms with Gasteiger partial charge in [-0.25, -0.2) is 8.78 Å². The first-order valence-electron chi connectivity index (χ1n) is 41.5. The lowest BCUT2D eigenvalue weighted by molar-refractivity contribution is -0.132. The number of nitrogens with two attached hydrogens (primary N) is 1. The maximum absolute atomic E-state index is 14.2. The second-order valence-corrected chi connectivity index (χ2v) is 32.6. The highest BCUT2D eigenvalue weighted by atomic mass is 35.5. The molecule has 2 aliphatic carbocycles. The number of rotatable bonds is 36. The number of nitrogens with one attached hydrogen (secondary N) is 5. The molecule has 626 valence electrons. The fourth-order valence-corrected chi connectivity index (χ4v) is 14.1. The minimum absolute atomic E-state index is 0.0507. The number of unbranched alkanes of at least 4 members (excludes halogenated alkanes) is 2. The number of benzene rings is 5. The van der Waals surface area contributed by atoms with Crippen molar-refractivity contribution >= 4 is 23.2 Å². The van der Waals surface area contributed by atoms with Crippen LogP contribution in [0.4, 0.5) is 14.5 Å². The summed E-state index contributed by atoms with van der Waals surface area (Å²) in [5, 5.41) is 54.0. The van der Waals surface area contributed by atoms with Gasteiger partial charge in [-0.2, -0.15) is 36.0 Å². The molecule has 0 spiro atoms. The molecule has 1 amide bonds. The van der Waals surface area contributed by atoms with Crippen LogP contribution in [0.3, 0.4) is 0 Å². The number of ether oxygens (including phenoxy) is 1. The van der Waals surface area contributed by atoms with E-state index in [1.807, 2.05) is 98.1 Å². The Hall–Kier alpha value is -9.93. The monoisotopic (exact) mass is 1620 g/mol. The van der Waals surface area contributed by atoms with Crippen LogP contribution in [-0.2, 0) is 37.5 Å². The Kier molecular flexibility index (Phi) is 36.4. The van der Waals surface area contributed by atoms with Gasteiger partial charge in [-0.15, -0.1) is 0 Å². The van der Waals surface area contributed by atoms with Crippen molar-refractivity contribution in [3.05, 3.63) is 196 Å². The topological polar surface area (TPSA) is 269 Å². The van der Waals surface area contributed by atoms with Gasteiger partial charge in [0.1, 0.15) is 5.82 Å². The molecule has 3 fully saturated rings. The number of carbonyl (C=O) groups is 1. The summed E-state index contributed by atoms with van der Waals surface area (Å²) < 4.78 is 33.2. The molecule has 5 aromatic heterocycles. The van der Waals surface area contributed by atoms with Crippen LogP contribution in [0.5, 0.6) is 5.75 Å². The van der Waals surface area contributed by atoms with Gasteiger partial charge in [-0.1, -0.05) is 107 Å². The molecule has 2 saturated carbocycles. The molecule has 23 nitrogen and oxygen atoms in total. The van der Waals surface area contributed by atoms with E-state index in [0.717, 1.165) is 178 Å². The summed E-state index contributed by atoms with van der Waals surface area (Å²) in [6, 6.07) is 38.8. The third kappa shape index (κ3) is 29.3. The predicted molar refractivity (Wildman–Crippen MR) is 467 cm³/mol. The summed E-state index contributed by atoms with van der Waals surface area (Å²) in [5.41, 5.74) is 23.6. The molecule has 117 heavy (non-hydrogen) atoms. The zero-order valence-electron chi connectivity index (χ0n) is 70.9. The number of likely N-dealkylation sites (N-methyl/N-ethyl adjacent to an activating group) is 3. The van der Waals surface area contributed by atoms with E-state index in [-0.39, 0.29) is 28.6 Å². The van der Waals surface area contributed by atoms with Crippen LogP contribution < -0.4 is 15.4 Å². The molecule has 0 atom stereocenters. The molecular formula is C91H124ClF2N21O2. The Balaban J connectivity index is 0.000000168. The highest BCUT2D eigenvalue weighted by Crippen LogP contribution is 2.35. The summed E-state index contributed by atoms with van der Waals surface area (Å²) in [5.74, 6) is 1.22. The van der Waals surface area contributed by atoms with Crippen LogP contribution in [0.1, 0.15) is 151 Å². The fraction of sp³-hybridized carbons (Fsp3) is 0.473. The second kappa shape index (κ2) is 46.9. The number of halogens is 3. The van der Waals surface area contributed by atoms with Gasteiger partial charge in [0.15, 0.2) is 11.6 Å². The first-order chi connectivity index (χ1) is 56.5. The highest BCUT2D eigenvalue weighted by Gasteiger charge is 2.27. The number of aromatic amines is 5. The normalized spacial score (nSPS) is 13.4. The van der Waals surface area contributed by atoms with Gasteiger partial charge in [-0.3, -0.25) is 30.3 Å². The SMILES string of the molecule is CC(C)CC(=O)N1CCN(c2ccc(-c3[nH]ncc3CN(C)CCN)cc2)CC1.CCCCN(C)Cc1cn[nH]c1-c1ccc(Cl)c(F)c1.CCCCN(C)Cc1cn[nH]c1-c1ccc(OC(C)C)c(F)c1.CN(CCCC1CC1)Cc1cn[nH]c1-c1ccc(C#N)cc1.CN(CCN(C)C1CC1)Cc1cn[nH]c1-c1ccc(C#N)cc1. The Morgan fingerprint density at radius 3 is 1.27 bits per heavy atom. The maximum Gasteiger partial charge on any atom is 0.222 e. The van der Waals surface area contributed by atoms with Gasteiger partial charge in [0.25, 0.3) is 0 Å². The van der Waals surface area contributed by atoms with Crippen molar-refractivity contribution in [2.45, 2.75) is 157 Å². The Morgan fingerprint density at radius 1 is 0.513 bits per heavy atom. The molecule has 26 heteroatoms. The molecule has 10 aromatic rings. The van der Waals surface area contributed by atoms with Crippen molar-refractivity contribution in [2.75, 3.05) is 119 Å². The van der Waals surface area contributed by atoms with E-state index in [1.54, 1.807) is 24.4 Å². The lowest BCUT2D eigenvalue weighted by Gasteiger charge is -2.36. The minimum Gasteiger partial charge on any atom is -0.488 e. The summed E-state index contributed by atoms with van der Waals surface area (Å²) >= 11 is 5.71. The van der Waals surface area contributed by atoms with Crippen LogP contribution in [-0.4, -0.2) is 218 Å². The molecule has 3 aliphatic rings. The van der Waals surface area contributed by atoms with Gasteiger partial charge in [0, 0.05) is 148 Å². The van der Waals surface area contributed by atoms with E-state index in [9.17, 15) is 13.6 Å². The molecule has 1 aliphatic heterocycles. The average Bonchev–Trinajstić information content (AvgIpc) is 1.47. The molecule has 0 bridgehead atoms. The Labute approximate surface area is 697 Å². The summed E-state index contributed by atoms with van der Waals surface area (Å²) in [7, 11) is 12.8. The van der Waals surface area contributed by atoms with Crippen molar-refractivity contribution in [3.63, 3.8) is 0 Å². The number of anilines is 1. The third-order valence-corrected chi connectivity index (χ3v) is 21.4. The average molecular weight is 1620 g/mol. The number of carbonyl (C=O) groups excluding carboxylic acids is 1. The van der Waals surface area contributed by atoms with Gasteiger partial charge < -0.3 is 49.7 Å². The third-order valence-electron chi connectivity index (χ3n) is 21.1. The Morgan fingerprint density at radius 2 is 0.897 bits per heavy atom. The van der Waals surface area contributed by atoms with Crippen LogP contribution in [0.15, 0.2) is 140 Å². The second-order valence-electron chi connectivity index (χ2n) is 32.2. The molecular weight excluding hydrogens is 1490 g/mol. The smallest absolute Gasteiger partial charge is 0.222 e. The number of aromatic nitrogens is 10. The quantitative estimate of drug-likeness (QED) is 0.0213. The number of amides is 1. The summed E-state index contributed by atoms with van der Waals surface area (Å²) in [4.78, 5) is 30.5. The first-order valence-corrected chi connectivity index (χ1v) is 41.9. The van der Waals surface area contributed by atoms with Crippen LogP contribution in [0.25, 0.3) is 56.3 Å². The van der Waals surface area contributed by atoms with Gasteiger partial charge >= 0.3 is 0 Å². The highest BCUT2D eigenvalue weighted by molar-refractivity contribution is 6.30. The van der Waals surface area contributed by atoms with Crippen molar-refractivity contribution in [3.8, 4) is 74.2 Å². The number of piperazine rings is 1. The molecule has 0 unspecified atom stereocenters. The van der Waals surface area contributed by atoms with Gasteiger partial charge in [-0.05, 0) is 204 Å². The molecule has 0 radical (unpaired) electrons. The number of nitriles is 2. The molecule has 1 saturated heterocycles. The van der Waals surface area contributed by atoms with E-state index in [4.69, 9.17) is 32.6 Å². The van der Waals surface area contributed by atoms with Crippen molar-refractivity contribution in [2.24, 2.45) is 17.6 Å². The minimum atomic E-state index is -0.413. The largest absolute Gasteiger partial charge is 0.488 e. The summed E-state index contributed by atoms with van der Waals surface area (Å²) in [6.07, 6.45) is 22.8. The standard InChI is InChI=1S/C22H34N6O.C18H26FN3O.C18H23N5.C18H22N4.C15H19ClFN3/c1-17(2)14-21(29)28-12-10-27(11-13-28)20-6-4-18(5-7-20)22-19(15-24-25-22)16-26(3)9-8-23;1-5-6-9-22(4)12-15-11-20-21-18(15)14-7-8-17(16(19)10-14)23-13(2)3;1-22(9-10-23(2)17-7-8-17)13-16-12-20-21-18(16)15-5-3-14(11-19)4-6-15;1-22(10-2-3-14-4-5-14)13-17-12-20-21-18(17)16-8-6-15(11-19)7-9-16;1-3-4-7-20(2)10-12-9-18-19-15(12)11-5-6-13(16)14(17)8-11/h4-7,15,17H,8-14,16,23H2,1-3H3,(H,24,25);7-8,10-11,13H,5-6,9,12H2,1-4H3,(H,20,21);3-6,12,17H,7-10,13H2,1-2H3,(H,20,21);6-9,12,14H,2-5,10,13H2,1H3,(H,20,21);5-6,8-9H,3-4,7,10H2,1-2H3,(H,18,19). The van der Waals surface area contributed by atoms with E-state index < -0.39 is 5.82 Å². The van der Waals surface area contributed by atoms with Crippen LogP contribution in [0, 0.1) is 46.1 Å². The van der Waals surface area contributed by atoms with E-state index in [0.29, 0.717) is 30.0 Å². The number of hydrogen-bond donors (Lipinski definition) is 6. The lowest BCUT2D eigenvalue weighted by Crippen LogP contribution is -2.49. The number of nitrogens with zero attached hydrogens (tertiary/aromatic N) is 15. The fourth-order valence-electron chi connectivity index (χ4n) is 14.0. The van der Waals surface area contributed by atoms with Crippen molar-refractivity contribution in [1.29, 1.82) is 10.5 Å². The first kappa shape index (κ1) is 91.0. The van der Waals surface area contributed by atoms with E-state index >= 15 is 0 Å². The molecule has 5 aromatic carbocycles. The zero-order valence-corrected chi connectivity index (χ0v) is 71.7. The van der Waals surface area contributed by atoms with Gasteiger partial charge in [0.05, 0.1) is 93.8 Å².